The molecule has 0 aliphatic rings. The third-order valence-electron chi connectivity index (χ3n) is 4.39. The maximum absolute atomic E-state index is 13.0. The Bertz CT molecular complexity index is 1090. The van der Waals surface area contributed by atoms with Gasteiger partial charge in [0.2, 0.25) is 5.88 Å². The summed E-state index contributed by atoms with van der Waals surface area (Å²) >= 11 is 0. The highest BCUT2D eigenvalue weighted by atomic mass is 16.4. The average Bonchev–Trinajstić information content (AvgIpc) is 3.21. The van der Waals surface area contributed by atoms with Crippen molar-refractivity contribution >= 4 is 21.9 Å². The van der Waals surface area contributed by atoms with Crippen molar-refractivity contribution in [1.29, 1.82) is 0 Å². The van der Waals surface area contributed by atoms with Crippen LogP contribution in [0, 0.1) is 0 Å². The molecule has 4 aromatic rings. The molecule has 0 unspecified atom stereocenters. The summed E-state index contributed by atoms with van der Waals surface area (Å²) in [7, 11) is 1.90. The van der Waals surface area contributed by atoms with Gasteiger partial charge in [0, 0.05) is 24.9 Å². The third kappa shape index (κ3) is 2.16. The van der Waals surface area contributed by atoms with Gasteiger partial charge in [-0.1, -0.05) is 31.5 Å². The number of aryl methyl sites for hydroxylation is 2. The maximum Gasteiger partial charge on any atom is 0.286 e. The number of unbranched alkanes of at least 4 members (excludes halogenated alkanes) is 1. The minimum Gasteiger partial charge on any atom is -0.445 e. The molecule has 0 aliphatic heterocycles. The number of hydrogen-bond acceptors (Lipinski definition) is 3. The van der Waals surface area contributed by atoms with Gasteiger partial charge in [-0.25, -0.2) is 9.55 Å². The molecule has 1 aromatic carbocycles. The number of fused-ring (bicyclic) bond motifs is 3. The molecule has 0 amide bonds. The monoisotopic (exact) mass is 321 g/mol. The number of pyridine rings is 1. The summed E-state index contributed by atoms with van der Waals surface area (Å²) in [6.45, 7) is 2.15. The lowest BCUT2D eigenvalue weighted by Crippen LogP contribution is -2.19. The van der Waals surface area contributed by atoms with Crippen LogP contribution >= 0.6 is 0 Å². The number of para-hydroxylation sites is 1. The average molecular weight is 321 g/mol. The Morgan fingerprint density at radius 3 is 2.83 bits per heavy atom. The molecule has 0 spiro atoms. The first kappa shape index (κ1) is 14.8. The molecule has 4 rings (SSSR count). The topological polar surface area (TPSA) is 53.0 Å². The van der Waals surface area contributed by atoms with Crippen molar-refractivity contribution in [3.63, 3.8) is 0 Å². The summed E-state index contributed by atoms with van der Waals surface area (Å²) in [5.74, 6) is 1.46. The smallest absolute Gasteiger partial charge is 0.286 e. The van der Waals surface area contributed by atoms with Crippen molar-refractivity contribution in [2.24, 2.45) is 7.05 Å². The second-order valence-electron chi connectivity index (χ2n) is 6.05. The molecular weight excluding hydrogens is 302 g/mol. The van der Waals surface area contributed by atoms with Crippen LogP contribution in [0.1, 0.15) is 25.5 Å². The van der Waals surface area contributed by atoms with E-state index in [0.29, 0.717) is 11.4 Å². The molecular formula is C19H19N3O2. The molecule has 0 saturated carbocycles. The molecule has 5 heteroatoms. The van der Waals surface area contributed by atoms with Gasteiger partial charge in [0.05, 0.1) is 17.4 Å². The van der Waals surface area contributed by atoms with Crippen molar-refractivity contribution in [2.45, 2.75) is 26.2 Å². The van der Waals surface area contributed by atoms with Crippen LogP contribution in [-0.4, -0.2) is 14.1 Å². The van der Waals surface area contributed by atoms with E-state index in [2.05, 4.69) is 11.9 Å². The number of nitrogens with zero attached hydrogens (tertiary/aromatic N) is 3. The Hall–Kier alpha value is -2.82. The molecule has 0 atom stereocenters. The molecule has 0 bridgehead atoms. The zero-order chi connectivity index (χ0) is 16.7. The van der Waals surface area contributed by atoms with Crippen LogP contribution in [0.4, 0.5) is 0 Å². The number of aromatic nitrogens is 3. The predicted molar refractivity (Wildman–Crippen MR) is 94.7 cm³/mol. The van der Waals surface area contributed by atoms with Crippen LogP contribution in [0.3, 0.4) is 0 Å². The molecule has 0 radical (unpaired) electrons. The lowest BCUT2D eigenvalue weighted by atomic mass is 10.2. The Kier molecular flexibility index (Phi) is 3.49. The number of rotatable bonds is 4. The molecule has 0 aliphatic carbocycles. The minimum absolute atomic E-state index is 0.152. The lowest BCUT2D eigenvalue weighted by molar-refractivity contribution is 0.483. The van der Waals surface area contributed by atoms with Gasteiger partial charge in [-0.2, -0.15) is 0 Å². The zero-order valence-electron chi connectivity index (χ0n) is 13.8. The van der Waals surface area contributed by atoms with Crippen molar-refractivity contribution in [2.75, 3.05) is 0 Å². The van der Waals surface area contributed by atoms with Crippen molar-refractivity contribution < 1.29 is 4.42 Å². The second-order valence-corrected chi connectivity index (χ2v) is 6.05. The van der Waals surface area contributed by atoms with E-state index in [4.69, 9.17) is 4.42 Å². The molecule has 24 heavy (non-hydrogen) atoms. The first-order valence-corrected chi connectivity index (χ1v) is 8.24. The lowest BCUT2D eigenvalue weighted by Gasteiger charge is -2.09. The Morgan fingerprint density at radius 2 is 2.00 bits per heavy atom. The molecule has 122 valence electrons. The molecule has 0 N–H and O–H groups in total. The largest absolute Gasteiger partial charge is 0.445 e. The van der Waals surface area contributed by atoms with Gasteiger partial charge in [-0.05, 0) is 18.6 Å². The molecule has 3 aromatic heterocycles. The summed E-state index contributed by atoms with van der Waals surface area (Å²) in [5, 5.41) is 0.985. The molecule has 0 saturated heterocycles. The summed E-state index contributed by atoms with van der Waals surface area (Å²) in [6.07, 6.45) is 4.74. The zero-order valence-corrected chi connectivity index (χ0v) is 13.8. The summed E-state index contributed by atoms with van der Waals surface area (Å²) < 4.78 is 9.46. The molecule has 5 nitrogen and oxygen atoms in total. The van der Waals surface area contributed by atoms with Gasteiger partial charge in [-0.3, -0.25) is 4.79 Å². The van der Waals surface area contributed by atoms with E-state index in [1.54, 1.807) is 10.9 Å². The number of imidazole rings is 1. The Balaban J connectivity index is 2.02. The number of hydrogen-bond donors (Lipinski definition) is 0. The van der Waals surface area contributed by atoms with E-state index in [0.717, 1.165) is 41.4 Å². The van der Waals surface area contributed by atoms with E-state index in [1.165, 1.54) is 0 Å². The third-order valence-corrected chi connectivity index (χ3v) is 4.39. The normalized spacial score (nSPS) is 11.6. The predicted octanol–water partition coefficient (Wildman–Crippen LogP) is 3.81. The van der Waals surface area contributed by atoms with Crippen molar-refractivity contribution in [3.05, 3.63) is 58.8 Å². The summed E-state index contributed by atoms with van der Waals surface area (Å²) in [5.41, 5.74) is 1.99. The SMILES string of the molecule is CCCCc1ccc(-n2c(=O)c3ncn(C)c3c3ccccc32)o1. The van der Waals surface area contributed by atoms with E-state index in [1.807, 2.05) is 48.0 Å². The van der Waals surface area contributed by atoms with E-state index in [-0.39, 0.29) is 5.56 Å². The Labute approximate surface area is 139 Å². The molecule has 3 heterocycles. The van der Waals surface area contributed by atoms with Crippen LogP contribution in [0.25, 0.3) is 27.8 Å². The highest BCUT2D eigenvalue weighted by Gasteiger charge is 2.17. The van der Waals surface area contributed by atoms with Gasteiger partial charge in [-0.15, -0.1) is 0 Å². The fourth-order valence-electron chi connectivity index (χ4n) is 3.18. The minimum atomic E-state index is -0.152. The van der Waals surface area contributed by atoms with Crippen molar-refractivity contribution in [1.82, 2.24) is 14.1 Å². The Morgan fingerprint density at radius 1 is 1.17 bits per heavy atom. The van der Waals surface area contributed by atoms with Crippen molar-refractivity contribution in [3.8, 4) is 5.88 Å². The van der Waals surface area contributed by atoms with Crippen LogP contribution in [-0.2, 0) is 13.5 Å². The second kappa shape index (κ2) is 5.67. The van der Waals surface area contributed by atoms with Gasteiger partial charge < -0.3 is 8.98 Å². The van der Waals surface area contributed by atoms with Gasteiger partial charge >= 0.3 is 0 Å². The molecule has 0 fully saturated rings. The van der Waals surface area contributed by atoms with Gasteiger partial charge in [0.15, 0.2) is 5.52 Å². The quantitative estimate of drug-likeness (QED) is 0.574. The first-order chi connectivity index (χ1) is 11.7. The fraction of sp³-hybridized carbons (Fsp3) is 0.263. The maximum atomic E-state index is 13.0. The summed E-state index contributed by atoms with van der Waals surface area (Å²) in [4.78, 5) is 17.3. The standard InChI is InChI=1S/C19H19N3O2/c1-3-4-7-13-10-11-16(24-13)22-15-9-6-5-8-14(15)18-17(19(22)23)20-12-21(18)2/h5-6,8-12H,3-4,7H2,1-2H3. The van der Waals surface area contributed by atoms with Crippen LogP contribution < -0.4 is 5.56 Å². The van der Waals surface area contributed by atoms with E-state index in [9.17, 15) is 4.79 Å². The highest BCUT2D eigenvalue weighted by Crippen LogP contribution is 2.25. The highest BCUT2D eigenvalue weighted by molar-refractivity contribution is 6.02. The summed E-state index contributed by atoms with van der Waals surface area (Å²) in [6, 6.07) is 11.7. The van der Waals surface area contributed by atoms with Gasteiger partial charge in [0.1, 0.15) is 5.76 Å². The van der Waals surface area contributed by atoms with Gasteiger partial charge in [0.25, 0.3) is 5.56 Å². The number of benzene rings is 1. The number of furan rings is 1. The van der Waals surface area contributed by atoms with E-state index < -0.39 is 0 Å². The fourth-order valence-corrected chi connectivity index (χ4v) is 3.18. The van der Waals surface area contributed by atoms with E-state index >= 15 is 0 Å². The van der Waals surface area contributed by atoms with Crippen LogP contribution in [0.5, 0.6) is 0 Å². The van der Waals surface area contributed by atoms with Crippen LogP contribution in [0.15, 0.2) is 51.9 Å². The van der Waals surface area contributed by atoms with Crippen LogP contribution in [0.2, 0.25) is 0 Å². The first-order valence-electron chi connectivity index (χ1n) is 8.24.